The molecule has 1 heterocycles. The summed E-state index contributed by atoms with van der Waals surface area (Å²) in [5, 5.41) is 2.47. The third-order valence-electron chi connectivity index (χ3n) is 2.85. The van der Waals surface area contributed by atoms with Gasteiger partial charge in [0.25, 0.3) is 0 Å². The molecule has 0 bridgehead atoms. The minimum absolute atomic E-state index is 0.191. The van der Waals surface area contributed by atoms with Crippen molar-refractivity contribution in [1.82, 2.24) is 5.32 Å². The highest BCUT2D eigenvalue weighted by molar-refractivity contribution is 9.11. The minimum atomic E-state index is -0.643. The molecule has 0 aliphatic heterocycles. The van der Waals surface area contributed by atoms with Crippen molar-refractivity contribution in [2.45, 2.75) is 6.42 Å². The molecule has 0 radical (unpaired) electrons. The van der Waals surface area contributed by atoms with E-state index in [1.54, 1.807) is 12.1 Å². The molecule has 2 rings (SSSR count). The van der Waals surface area contributed by atoms with Crippen LogP contribution in [0.2, 0.25) is 0 Å². The van der Waals surface area contributed by atoms with E-state index in [-0.39, 0.29) is 31.3 Å². The van der Waals surface area contributed by atoms with Gasteiger partial charge < -0.3 is 10.1 Å². The van der Waals surface area contributed by atoms with Gasteiger partial charge in [0.15, 0.2) is 6.61 Å². The number of carbonyl (C=O) groups is 3. The van der Waals surface area contributed by atoms with Crippen molar-refractivity contribution in [3.8, 4) is 0 Å². The maximum absolute atomic E-state index is 11.8. The van der Waals surface area contributed by atoms with Crippen LogP contribution in [0.25, 0.3) is 0 Å². The minimum Gasteiger partial charge on any atom is -0.456 e. The first-order chi connectivity index (χ1) is 11.0. The molecule has 1 N–H and O–H groups in total. The number of Topliss-reactive ketones (excluding diaryl/α,β-unsaturated/α-hetero) is 1. The average Bonchev–Trinajstić information content (AvgIpc) is 2.98. The molecule has 1 amide bonds. The lowest BCUT2D eigenvalue weighted by Gasteiger charge is -2.06. The van der Waals surface area contributed by atoms with Gasteiger partial charge in [0.05, 0.1) is 15.1 Å². The Morgan fingerprint density at radius 1 is 1.09 bits per heavy atom. The molecule has 0 fully saturated rings. The van der Waals surface area contributed by atoms with E-state index in [0.717, 1.165) is 9.35 Å². The summed E-state index contributed by atoms with van der Waals surface area (Å²) in [7, 11) is 0. The Balaban J connectivity index is 1.68. The molecular weight excluding hydrogens is 382 g/mol. The molecule has 0 aliphatic rings. The van der Waals surface area contributed by atoms with E-state index in [2.05, 4.69) is 21.2 Å². The fourth-order valence-corrected chi connectivity index (χ4v) is 3.06. The van der Waals surface area contributed by atoms with Crippen LogP contribution in [0.5, 0.6) is 0 Å². The Bertz CT molecular complexity index is 699. The average molecular weight is 396 g/mol. The van der Waals surface area contributed by atoms with Crippen molar-refractivity contribution < 1.29 is 19.1 Å². The Hall–Kier alpha value is -1.99. The van der Waals surface area contributed by atoms with Gasteiger partial charge in [-0.1, -0.05) is 30.3 Å². The summed E-state index contributed by atoms with van der Waals surface area (Å²) >= 11 is 4.53. The Morgan fingerprint density at radius 2 is 1.83 bits per heavy atom. The summed E-state index contributed by atoms with van der Waals surface area (Å²) in [6, 6.07) is 12.6. The maximum Gasteiger partial charge on any atom is 0.325 e. The van der Waals surface area contributed by atoms with Crippen LogP contribution in [0.4, 0.5) is 0 Å². The van der Waals surface area contributed by atoms with Gasteiger partial charge in [-0.05, 0) is 33.6 Å². The molecule has 0 spiro atoms. The lowest BCUT2D eigenvalue weighted by Crippen LogP contribution is -2.32. The predicted molar refractivity (Wildman–Crippen MR) is 90.5 cm³/mol. The van der Waals surface area contributed by atoms with Gasteiger partial charge in [-0.3, -0.25) is 14.4 Å². The van der Waals surface area contributed by atoms with Gasteiger partial charge in [0.2, 0.25) is 11.7 Å². The zero-order valence-corrected chi connectivity index (χ0v) is 14.5. The second-order valence-electron chi connectivity index (χ2n) is 4.63. The standard InChI is InChI=1S/C16H14BrNO4S/c17-14-7-6-13(23-14)12(19)10-22-16(21)9-18-15(20)8-11-4-2-1-3-5-11/h1-7H,8-10H2,(H,18,20). The van der Waals surface area contributed by atoms with Crippen LogP contribution in [0.1, 0.15) is 15.2 Å². The number of nitrogens with one attached hydrogen (secondary N) is 1. The van der Waals surface area contributed by atoms with Crippen molar-refractivity contribution in [3.05, 3.63) is 56.7 Å². The number of carbonyl (C=O) groups excluding carboxylic acids is 3. The number of amides is 1. The number of halogens is 1. The molecule has 1 aromatic heterocycles. The van der Waals surface area contributed by atoms with Crippen molar-refractivity contribution in [2.75, 3.05) is 13.2 Å². The van der Waals surface area contributed by atoms with Crippen LogP contribution < -0.4 is 5.32 Å². The second-order valence-corrected chi connectivity index (χ2v) is 7.09. The quantitative estimate of drug-likeness (QED) is 0.577. The lowest BCUT2D eigenvalue weighted by atomic mass is 10.1. The number of thiophene rings is 1. The fourth-order valence-electron chi connectivity index (χ4n) is 1.75. The highest BCUT2D eigenvalue weighted by atomic mass is 79.9. The molecule has 23 heavy (non-hydrogen) atoms. The SMILES string of the molecule is O=C(Cc1ccccc1)NCC(=O)OCC(=O)c1ccc(Br)s1. The van der Waals surface area contributed by atoms with E-state index in [1.165, 1.54) is 11.3 Å². The van der Waals surface area contributed by atoms with E-state index in [4.69, 9.17) is 4.74 Å². The number of ketones is 1. The summed E-state index contributed by atoms with van der Waals surface area (Å²) in [6.07, 6.45) is 0.191. The number of benzene rings is 1. The van der Waals surface area contributed by atoms with Crippen LogP contribution in [0, 0.1) is 0 Å². The largest absolute Gasteiger partial charge is 0.456 e. The highest BCUT2D eigenvalue weighted by Crippen LogP contribution is 2.22. The summed E-state index contributed by atoms with van der Waals surface area (Å²) in [5.74, 6) is -1.19. The molecular formula is C16H14BrNO4S. The molecule has 120 valence electrons. The number of hydrogen-bond donors (Lipinski definition) is 1. The lowest BCUT2D eigenvalue weighted by molar-refractivity contribution is -0.142. The smallest absolute Gasteiger partial charge is 0.325 e. The molecule has 0 saturated carbocycles. The Morgan fingerprint density at radius 3 is 2.48 bits per heavy atom. The molecule has 0 aliphatic carbocycles. The van der Waals surface area contributed by atoms with Gasteiger partial charge in [0, 0.05) is 0 Å². The maximum atomic E-state index is 11.8. The zero-order chi connectivity index (χ0) is 16.7. The third-order valence-corrected chi connectivity index (χ3v) is 4.51. The van der Waals surface area contributed by atoms with Crippen LogP contribution in [0.3, 0.4) is 0 Å². The number of esters is 1. The fraction of sp³-hybridized carbons (Fsp3) is 0.188. The first-order valence-corrected chi connectivity index (χ1v) is 8.40. The first kappa shape index (κ1) is 17.4. The van der Waals surface area contributed by atoms with Gasteiger partial charge >= 0.3 is 5.97 Å². The van der Waals surface area contributed by atoms with E-state index in [0.29, 0.717) is 4.88 Å². The Kier molecular flexibility index (Phi) is 6.49. The van der Waals surface area contributed by atoms with Crippen molar-refractivity contribution >= 4 is 44.9 Å². The summed E-state index contributed by atoms with van der Waals surface area (Å²) in [5.41, 5.74) is 0.858. The van der Waals surface area contributed by atoms with Crippen molar-refractivity contribution in [1.29, 1.82) is 0 Å². The van der Waals surface area contributed by atoms with E-state index >= 15 is 0 Å². The normalized spacial score (nSPS) is 10.1. The molecule has 0 saturated heterocycles. The van der Waals surface area contributed by atoms with Gasteiger partial charge in [0.1, 0.15) is 6.54 Å². The van der Waals surface area contributed by atoms with Gasteiger partial charge in [-0.2, -0.15) is 0 Å². The molecule has 0 unspecified atom stereocenters. The molecule has 0 atom stereocenters. The summed E-state index contributed by atoms with van der Waals surface area (Å²) in [4.78, 5) is 35.5. The number of rotatable bonds is 7. The van der Waals surface area contributed by atoms with Crippen LogP contribution in [-0.4, -0.2) is 30.8 Å². The van der Waals surface area contributed by atoms with E-state index < -0.39 is 5.97 Å². The predicted octanol–water partition coefficient (Wildman–Crippen LogP) is 2.60. The number of ether oxygens (including phenoxy) is 1. The van der Waals surface area contributed by atoms with Gasteiger partial charge in [-0.25, -0.2) is 0 Å². The zero-order valence-electron chi connectivity index (χ0n) is 12.1. The molecule has 1 aromatic carbocycles. The van der Waals surface area contributed by atoms with Crippen LogP contribution in [-0.2, 0) is 20.7 Å². The summed E-state index contributed by atoms with van der Waals surface area (Å²) in [6.45, 7) is -0.590. The van der Waals surface area contributed by atoms with Crippen LogP contribution in [0.15, 0.2) is 46.3 Å². The molecule has 5 nitrogen and oxygen atoms in total. The van der Waals surface area contributed by atoms with E-state index in [9.17, 15) is 14.4 Å². The molecule has 7 heteroatoms. The van der Waals surface area contributed by atoms with Crippen molar-refractivity contribution in [2.24, 2.45) is 0 Å². The van der Waals surface area contributed by atoms with Crippen molar-refractivity contribution in [3.63, 3.8) is 0 Å². The number of hydrogen-bond acceptors (Lipinski definition) is 5. The van der Waals surface area contributed by atoms with Gasteiger partial charge in [-0.15, -0.1) is 11.3 Å². The highest BCUT2D eigenvalue weighted by Gasteiger charge is 2.13. The first-order valence-electron chi connectivity index (χ1n) is 6.79. The third kappa shape index (κ3) is 5.96. The molecule has 2 aromatic rings. The van der Waals surface area contributed by atoms with E-state index in [1.807, 2.05) is 30.3 Å². The summed E-state index contributed by atoms with van der Waals surface area (Å²) < 4.78 is 5.69. The topological polar surface area (TPSA) is 72.5 Å². The monoisotopic (exact) mass is 395 g/mol. The second kappa shape index (κ2) is 8.59. The Labute approximate surface area is 145 Å². The van der Waals surface area contributed by atoms with Crippen LogP contribution >= 0.6 is 27.3 Å².